The van der Waals surface area contributed by atoms with Crippen LogP contribution in [0.5, 0.6) is 0 Å². The molecule has 2 aromatic carbocycles. The molecule has 0 aromatic heterocycles. The molecule has 2 aromatic rings. The van der Waals surface area contributed by atoms with Crippen LogP contribution in [0.4, 0.5) is 10.1 Å². The Morgan fingerprint density at radius 3 is 2.17 bits per heavy atom. The highest BCUT2D eigenvalue weighted by molar-refractivity contribution is 7.89. The van der Waals surface area contributed by atoms with Crippen molar-refractivity contribution in [1.29, 1.82) is 0 Å². The summed E-state index contributed by atoms with van der Waals surface area (Å²) in [7, 11) is -3.91. The molecule has 0 radical (unpaired) electrons. The van der Waals surface area contributed by atoms with Crippen LogP contribution in [-0.2, 0) is 14.8 Å². The summed E-state index contributed by atoms with van der Waals surface area (Å²) in [6, 6.07) is 8.68. The van der Waals surface area contributed by atoms with Crippen molar-refractivity contribution < 1.29 is 17.6 Å². The molecule has 5 nitrogen and oxygen atoms in total. The van der Waals surface area contributed by atoms with Crippen LogP contribution in [0.15, 0.2) is 47.4 Å². The molecular formula is C14H11Cl2FN2O3S. The minimum absolute atomic E-state index is 0.141. The van der Waals surface area contributed by atoms with Crippen molar-refractivity contribution in [2.45, 2.75) is 4.90 Å². The second-order valence-corrected chi connectivity index (χ2v) is 7.12. The summed E-state index contributed by atoms with van der Waals surface area (Å²) in [5.41, 5.74) is 0.341. The van der Waals surface area contributed by atoms with E-state index in [2.05, 4.69) is 10.0 Å². The van der Waals surface area contributed by atoms with E-state index in [4.69, 9.17) is 23.2 Å². The van der Waals surface area contributed by atoms with Crippen LogP contribution < -0.4 is 10.0 Å². The van der Waals surface area contributed by atoms with Crippen LogP contribution in [0.1, 0.15) is 0 Å². The highest BCUT2D eigenvalue weighted by Crippen LogP contribution is 2.22. The van der Waals surface area contributed by atoms with E-state index in [1.54, 1.807) is 0 Å². The quantitative estimate of drug-likeness (QED) is 0.841. The molecule has 9 heteroatoms. The predicted molar refractivity (Wildman–Crippen MR) is 86.7 cm³/mol. The van der Waals surface area contributed by atoms with Gasteiger partial charge in [0.2, 0.25) is 15.9 Å². The van der Waals surface area contributed by atoms with E-state index < -0.39 is 28.3 Å². The second kappa shape index (κ2) is 7.27. The zero-order valence-electron chi connectivity index (χ0n) is 11.5. The normalized spacial score (nSPS) is 11.3. The third-order valence-corrected chi connectivity index (χ3v) is 4.55. The lowest BCUT2D eigenvalue weighted by Crippen LogP contribution is -2.32. The van der Waals surface area contributed by atoms with Gasteiger partial charge in [0.05, 0.1) is 11.4 Å². The van der Waals surface area contributed by atoms with E-state index >= 15 is 0 Å². The Morgan fingerprint density at radius 1 is 1.04 bits per heavy atom. The van der Waals surface area contributed by atoms with Crippen molar-refractivity contribution >= 4 is 44.8 Å². The van der Waals surface area contributed by atoms with E-state index in [0.717, 1.165) is 24.3 Å². The maximum absolute atomic E-state index is 12.8. The van der Waals surface area contributed by atoms with Crippen LogP contribution >= 0.6 is 23.2 Å². The molecule has 0 saturated carbocycles. The zero-order valence-corrected chi connectivity index (χ0v) is 13.8. The number of halogens is 3. The number of benzene rings is 2. The number of carbonyl (C=O) groups is 1. The summed E-state index contributed by atoms with van der Waals surface area (Å²) >= 11 is 11.6. The summed E-state index contributed by atoms with van der Waals surface area (Å²) in [6.07, 6.45) is 0. The van der Waals surface area contributed by atoms with Crippen molar-refractivity contribution in [3.8, 4) is 0 Å². The van der Waals surface area contributed by atoms with Crippen molar-refractivity contribution in [3.05, 3.63) is 58.3 Å². The number of amides is 1. The number of sulfonamides is 1. The molecule has 0 aliphatic rings. The van der Waals surface area contributed by atoms with E-state index in [1.165, 1.54) is 18.2 Å². The van der Waals surface area contributed by atoms with E-state index in [0.29, 0.717) is 15.7 Å². The molecule has 1 amide bonds. The first-order valence-electron chi connectivity index (χ1n) is 6.27. The van der Waals surface area contributed by atoms with E-state index in [1.807, 2.05) is 0 Å². The van der Waals surface area contributed by atoms with Gasteiger partial charge in [0.25, 0.3) is 0 Å². The summed E-state index contributed by atoms with van der Waals surface area (Å²) in [4.78, 5) is 11.6. The fourth-order valence-electron chi connectivity index (χ4n) is 1.69. The topological polar surface area (TPSA) is 75.3 Å². The van der Waals surface area contributed by atoms with Crippen LogP contribution in [0.25, 0.3) is 0 Å². The average molecular weight is 377 g/mol. The lowest BCUT2D eigenvalue weighted by atomic mass is 10.3. The third-order valence-electron chi connectivity index (χ3n) is 2.69. The highest BCUT2D eigenvalue weighted by Gasteiger charge is 2.15. The van der Waals surface area contributed by atoms with Crippen molar-refractivity contribution in [1.82, 2.24) is 4.72 Å². The van der Waals surface area contributed by atoms with Gasteiger partial charge in [0.15, 0.2) is 0 Å². The van der Waals surface area contributed by atoms with Crippen LogP contribution in [0, 0.1) is 5.82 Å². The Hall–Kier alpha value is -1.67. The van der Waals surface area contributed by atoms with Gasteiger partial charge in [-0.2, -0.15) is 0 Å². The Labute approximate surface area is 142 Å². The zero-order chi connectivity index (χ0) is 17.0. The van der Waals surface area contributed by atoms with E-state index in [-0.39, 0.29) is 4.90 Å². The van der Waals surface area contributed by atoms with Gasteiger partial charge >= 0.3 is 0 Å². The molecule has 0 heterocycles. The van der Waals surface area contributed by atoms with Gasteiger partial charge in [-0.25, -0.2) is 17.5 Å². The van der Waals surface area contributed by atoms with Gasteiger partial charge in [-0.1, -0.05) is 23.2 Å². The summed E-state index contributed by atoms with van der Waals surface area (Å²) in [5.74, 6) is -1.16. The highest BCUT2D eigenvalue weighted by atomic mass is 35.5. The molecular weight excluding hydrogens is 366 g/mol. The summed E-state index contributed by atoms with van der Waals surface area (Å²) < 4.78 is 38.8. The van der Waals surface area contributed by atoms with Gasteiger partial charge in [0.1, 0.15) is 5.82 Å². The first-order chi connectivity index (χ1) is 10.8. The second-order valence-electron chi connectivity index (χ2n) is 4.48. The number of rotatable bonds is 5. The number of anilines is 1. The van der Waals surface area contributed by atoms with Crippen LogP contribution in [0.2, 0.25) is 10.0 Å². The Balaban J connectivity index is 1.99. The van der Waals surface area contributed by atoms with Gasteiger partial charge < -0.3 is 5.32 Å². The number of hydrogen-bond acceptors (Lipinski definition) is 3. The first kappa shape index (κ1) is 17.7. The molecule has 0 atom stereocenters. The molecule has 0 unspecified atom stereocenters. The molecule has 0 aliphatic heterocycles. The minimum atomic E-state index is -3.91. The molecule has 0 spiro atoms. The summed E-state index contributed by atoms with van der Waals surface area (Å²) in [6.45, 7) is -0.496. The van der Waals surface area contributed by atoms with Crippen molar-refractivity contribution in [3.63, 3.8) is 0 Å². The number of hydrogen-bond donors (Lipinski definition) is 2. The molecule has 2 rings (SSSR count). The van der Waals surface area contributed by atoms with Crippen LogP contribution in [-0.4, -0.2) is 20.9 Å². The molecule has 122 valence electrons. The predicted octanol–water partition coefficient (Wildman–Crippen LogP) is 3.05. The molecule has 0 fully saturated rings. The summed E-state index contributed by atoms with van der Waals surface area (Å²) in [5, 5.41) is 3.13. The average Bonchev–Trinajstić information content (AvgIpc) is 2.44. The fraction of sp³-hybridized carbons (Fsp3) is 0.0714. The molecule has 0 saturated heterocycles. The molecule has 2 N–H and O–H groups in total. The maximum Gasteiger partial charge on any atom is 0.241 e. The molecule has 0 bridgehead atoms. The number of carbonyl (C=O) groups excluding carboxylic acids is 1. The van der Waals surface area contributed by atoms with Gasteiger partial charge in [0, 0.05) is 15.7 Å². The maximum atomic E-state index is 12.8. The Morgan fingerprint density at radius 2 is 1.61 bits per heavy atom. The van der Waals surface area contributed by atoms with Crippen LogP contribution in [0.3, 0.4) is 0 Å². The SMILES string of the molecule is O=C(CNS(=O)(=O)c1ccc(F)cc1)Nc1cc(Cl)cc(Cl)c1. The van der Waals surface area contributed by atoms with E-state index in [9.17, 15) is 17.6 Å². The van der Waals surface area contributed by atoms with Crippen molar-refractivity contribution in [2.24, 2.45) is 0 Å². The standard InChI is InChI=1S/C14H11Cl2FN2O3S/c15-9-5-10(16)7-12(6-9)19-14(20)8-18-23(21,22)13-3-1-11(17)2-4-13/h1-7,18H,8H2,(H,19,20). The lowest BCUT2D eigenvalue weighted by molar-refractivity contribution is -0.115. The fourth-order valence-corrected chi connectivity index (χ4v) is 3.20. The Kier molecular flexibility index (Phi) is 5.59. The minimum Gasteiger partial charge on any atom is -0.325 e. The van der Waals surface area contributed by atoms with Gasteiger partial charge in [-0.05, 0) is 42.5 Å². The molecule has 23 heavy (non-hydrogen) atoms. The van der Waals surface area contributed by atoms with Gasteiger partial charge in [-0.15, -0.1) is 0 Å². The van der Waals surface area contributed by atoms with Gasteiger partial charge in [-0.3, -0.25) is 4.79 Å². The molecule has 0 aliphatic carbocycles. The largest absolute Gasteiger partial charge is 0.325 e. The monoisotopic (exact) mass is 376 g/mol. The third kappa shape index (κ3) is 5.18. The first-order valence-corrected chi connectivity index (χ1v) is 8.51. The van der Waals surface area contributed by atoms with Crippen molar-refractivity contribution in [2.75, 3.05) is 11.9 Å². The lowest BCUT2D eigenvalue weighted by Gasteiger charge is -2.08. The smallest absolute Gasteiger partial charge is 0.241 e. The number of nitrogens with one attached hydrogen (secondary N) is 2. The Bertz CT molecular complexity index is 806.